The topological polar surface area (TPSA) is 90.9 Å². The Kier molecular flexibility index (Phi) is 4.31. The lowest BCUT2D eigenvalue weighted by Gasteiger charge is -2.12. The summed E-state index contributed by atoms with van der Waals surface area (Å²) in [6, 6.07) is 4.20. The Morgan fingerprint density at radius 3 is 2.62 bits per heavy atom. The molecule has 0 bridgehead atoms. The molecule has 0 radical (unpaired) electrons. The molecular formula is C12H14ClFN4O2S. The second-order valence-electron chi connectivity index (χ2n) is 4.96. The number of primary sulfonamides is 1. The first kappa shape index (κ1) is 15.9. The normalized spacial score (nSPS) is 12.1. The number of hydrogen-bond donors (Lipinski definition) is 1. The second kappa shape index (κ2) is 5.70. The molecule has 0 spiro atoms. The van der Waals surface area contributed by atoms with Crippen molar-refractivity contribution in [2.24, 2.45) is 11.1 Å². The maximum Gasteiger partial charge on any atom is 0.273 e. The summed E-state index contributed by atoms with van der Waals surface area (Å²) in [5.74, 6) is -0.352. The van der Waals surface area contributed by atoms with E-state index >= 15 is 0 Å². The number of nitrogens with zero attached hydrogens (tertiary/aromatic N) is 3. The summed E-state index contributed by atoms with van der Waals surface area (Å²) in [7, 11) is -4.04. The van der Waals surface area contributed by atoms with Crippen LogP contribution in [0.25, 0.3) is 11.4 Å². The van der Waals surface area contributed by atoms with E-state index in [4.69, 9.17) is 16.7 Å². The largest absolute Gasteiger partial charge is 0.296 e. The quantitative estimate of drug-likeness (QED) is 0.927. The molecule has 2 aromatic rings. The van der Waals surface area contributed by atoms with Gasteiger partial charge in [0.05, 0.1) is 5.02 Å². The van der Waals surface area contributed by atoms with Gasteiger partial charge < -0.3 is 0 Å². The van der Waals surface area contributed by atoms with Gasteiger partial charge in [-0.25, -0.2) is 17.9 Å². The van der Waals surface area contributed by atoms with Gasteiger partial charge in [-0.05, 0) is 18.1 Å². The first-order valence-corrected chi connectivity index (χ1v) is 8.04. The van der Waals surface area contributed by atoms with E-state index in [0.717, 1.165) is 0 Å². The minimum absolute atomic E-state index is 0.104. The van der Waals surface area contributed by atoms with Crippen LogP contribution in [0.2, 0.25) is 5.02 Å². The van der Waals surface area contributed by atoms with Gasteiger partial charge in [0.2, 0.25) is 0 Å². The molecule has 21 heavy (non-hydrogen) atoms. The fraction of sp³-hybridized carbons (Fsp3) is 0.333. The Balaban J connectivity index is 2.70. The van der Waals surface area contributed by atoms with E-state index in [-0.39, 0.29) is 27.5 Å². The number of halogens is 2. The van der Waals surface area contributed by atoms with E-state index in [0.29, 0.717) is 6.54 Å². The molecule has 0 saturated heterocycles. The summed E-state index contributed by atoms with van der Waals surface area (Å²) in [6.07, 6.45) is 0. The van der Waals surface area contributed by atoms with Crippen LogP contribution in [0.5, 0.6) is 0 Å². The van der Waals surface area contributed by atoms with Crippen molar-refractivity contribution >= 4 is 21.6 Å². The molecule has 0 aliphatic carbocycles. The van der Waals surface area contributed by atoms with Crippen molar-refractivity contribution in [3.8, 4) is 11.4 Å². The lowest BCUT2D eigenvalue weighted by Crippen LogP contribution is -2.20. The van der Waals surface area contributed by atoms with E-state index in [1.807, 2.05) is 13.8 Å². The number of benzene rings is 1. The first-order valence-electron chi connectivity index (χ1n) is 6.12. The molecule has 1 heterocycles. The summed E-state index contributed by atoms with van der Waals surface area (Å²) in [4.78, 5) is 0. The molecule has 0 fully saturated rings. The highest BCUT2D eigenvalue weighted by Crippen LogP contribution is 2.30. The molecular weight excluding hydrogens is 319 g/mol. The van der Waals surface area contributed by atoms with Crippen molar-refractivity contribution in [1.82, 2.24) is 14.8 Å². The molecule has 0 aliphatic rings. The summed E-state index contributed by atoms with van der Waals surface area (Å²) in [5.41, 5.74) is 0.264. The van der Waals surface area contributed by atoms with Gasteiger partial charge in [-0.15, -0.1) is 10.2 Å². The SMILES string of the molecule is CC(C)Cn1c(-c2cccc(F)c2Cl)nnc1S(N)(=O)=O. The number of aromatic nitrogens is 3. The van der Waals surface area contributed by atoms with Crippen LogP contribution in [0.1, 0.15) is 13.8 Å². The van der Waals surface area contributed by atoms with Crippen LogP contribution in [0.15, 0.2) is 23.4 Å². The molecule has 0 aliphatic heterocycles. The molecule has 2 N–H and O–H groups in total. The van der Waals surface area contributed by atoms with Gasteiger partial charge in [0.1, 0.15) is 5.82 Å². The van der Waals surface area contributed by atoms with E-state index in [9.17, 15) is 12.8 Å². The second-order valence-corrected chi connectivity index (χ2v) is 6.79. The minimum Gasteiger partial charge on any atom is -0.296 e. The maximum atomic E-state index is 13.6. The van der Waals surface area contributed by atoms with Gasteiger partial charge in [0.15, 0.2) is 5.82 Å². The molecule has 0 saturated carbocycles. The van der Waals surface area contributed by atoms with Crippen LogP contribution < -0.4 is 5.14 Å². The van der Waals surface area contributed by atoms with Gasteiger partial charge >= 0.3 is 0 Å². The predicted octanol–water partition coefficient (Wildman–Crippen LogP) is 2.04. The predicted molar refractivity (Wildman–Crippen MR) is 76.6 cm³/mol. The lowest BCUT2D eigenvalue weighted by atomic mass is 10.2. The molecule has 1 aromatic carbocycles. The van der Waals surface area contributed by atoms with Crippen LogP contribution >= 0.6 is 11.6 Å². The number of rotatable bonds is 4. The van der Waals surface area contributed by atoms with E-state index in [1.54, 1.807) is 6.07 Å². The fourth-order valence-electron chi connectivity index (χ4n) is 1.90. The Labute approximate surface area is 126 Å². The van der Waals surface area contributed by atoms with Crippen molar-refractivity contribution in [2.45, 2.75) is 25.5 Å². The van der Waals surface area contributed by atoms with E-state index in [2.05, 4.69) is 10.2 Å². The molecule has 0 unspecified atom stereocenters. The summed E-state index contributed by atoms with van der Waals surface area (Å²) >= 11 is 5.92. The van der Waals surface area contributed by atoms with E-state index < -0.39 is 15.8 Å². The smallest absolute Gasteiger partial charge is 0.273 e. The average Bonchev–Trinajstić information content (AvgIpc) is 2.75. The van der Waals surface area contributed by atoms with Crippen LogP contribution in [-0.4, -0.2) is 23.2 Å². The van der Waals surface area contributed by atoms with Crippen molar-refractivity contribution in [2.75, 3.05) is 0 Å². The molecule has 0 atom stereocenters. The third-order valence-corrected chi connectivity index (χ3v) is 3.91. The van der Waals surface area contributed by atoms with Crippen LogP contribution in [-0.2, 0) is 16.6 Å². The monoisotopic (exact) mass is 332 g/mol. The van der Waals surface area contributed by atoms with Gasteiger partial charge in [-0.2, -0.15) is 0 Å². The summed E-state index contributed by atoms with van der Waals surface area (Å²) in [6.45, 7) is 4.09. The molecule has 1 aromatic heterocycles. The Morgan fingerprint density at radius 1 is 1.38 bits per heavy atom. The van der Waals surface area contributed by atoms with Crippen molar-refractivity contribution in [3.05, 3.63) is 29.0 Å². The van der Waals surface area contributed by atoms with E-state index in [1.165, 1.54) is 16.7 Å². The minimum atomic E-state index is -4.04. The summed E-state index contributed by atoms with van der Waals surface area (Å²) < 4.78 is 38.1. The van der Waals surface area contributed by atoms with Crippen LogP contribution in [0, 0.1) is 11.7 Å². The average molecular weight is 333 g/mol. The molecule has 0 amide bonds. The molecule has 6 nitrogen and oxygen atoms in total. The number of nitrogens with two attached hydrogens (primary N) is 1. The number of sulfonamides is 1. The maximum absolute atomic E-state index is 13.6. The van der Waals surface area contributed by atoms with Crippen LogP contribution in [0.4, 0.5) is 4.39 Å². The van der Waals surface area contributed by atoms with Gasteiger partial charge in [0, 0.05) is 12.1 Å². The fourth-order valence-corrected chi connectivity index (χ4v) is 2.74. The zero-order chi connectivity index (χ0) is 15.8. The lowest BCUT2D eigenvalue weighted by molar-refractivity contribution is 0.486. The number of hydrogen-bond acceptors (Lipinski definition) is 4. The zero-order valence-corrected chi connectivity index (χ0v) is 13.0. The third kappa shape index (κ3) is 3.22. The molecule has 114 valence electrons. The third-order valence-electron chi connectivity index (χ3n) is 2.71. The van der Waals surface area contributed by atoms with Gasteiger partial charge in [-0.3, -0.25) is 4.57 Å². The molecule has 9 heteroatoms. The molecule has 2 rings (SSSR count). The van der Waals surface area contributed by atoms with Crippen molar-refractivity contribution in [3.63, 3.8) is 0 Å². The van der Waals surface area contributed by atoms with Crippen molar-refractivity contribution < 1.29 is 12.8 Å². The highest BCUT2D eigenvalue weighted by molar-refractivity contribution is 7.89. The first-order chi connectivity index (χ1) is 9.71. The Hall–Kier alpha value is -1.51. The highest BCUT2D eigenvalue weighted by atomic mass is 35.5. The van der Waals surface area contributed by atoms with Crippen LogP contribution in [0.3, 0.4) is 0 Å². The Morgan fingerprint density at radius 2 is 2.05 bits per heavy atom. The standard InChI is InChI=1S/C12H14ClFN4O2S/c1-7(2)6-18-11(16-17-12(18)21(15,19)20)8-4-3-5-9(14)10(8)13/h3-5,7H,6H2,1-2H3,(H2,15,19,20). The van der Waals surface area contributed by atoms with Gasteiger partial charge in [-0.1, -0.05) is 31.5 Å². The zero-order valence-electron chi connectivity index (χ0n) is 11.4. The highest BCUT2D eigenvalue weighted by Gasteiger charge is 2.24. The summed E-state index contributed by atoms with van der Waals surface area (Å²) in [5, 5.41) is 12.0. The van der Waals surface area contributed by atoms with Crippen molar-refractivity contribution in [1.29, 1.82) is 0 Å². The Bertz CT molecular complexity index is 774. The van der Waals surface area contributed by atoms with Gasteiger partial charge in [0.25, 0.3) is 15.2 Å².